The van der Waals surface area contributed by atoms with E-state index in [1.807, 2.05) is 26.0 Å². The van der Waals surface area contributed by atoms with E-state index < -0.39 is 4.99 Å². The highest BCUT2D eigenvalue weighted by Crippen LogP contribution is 2.48. The molecule has 1 unspecified atom stereocenters. The Morgan fingerprint density at radius 1 is 1.28 bits per heavy atom. The van der Waals surface area contributed by atoms with Crippen LogP contribution in [0.5, 0.6) is 0 Å². The zero-order valence-electron chi connectivity index (χ0n) is 14.5. The van der Waals surface area contributed by atoms with Crippen molar-refractivity contribution in [1.29, 1.82) is 0 Å². The smallest absolute Gasteiger partial charge is 0.167 e. The number of aromatic nitrogens is 2. The van der Waals surface area contributed by atoms with Crippen molar-refractivity contribution in [2.75, 3.05) is 24.2 Å². The molecule has 1 aromatic carbocycles. The fourth-order valence-corrected chi connectivity index (χ4v) is 3.62. The van der Waals surface area contributed by atoms with Gasteiger partial charge < -0.3 is 21.1 Å². The fourth-order valence-electron chi connectivity index (χ4n) is 2.54. The molecular weight excluding hydrogens is 336 g/mol. The second-order valence-corrected chi connectivity index (χ2v) is 7.45. The molecule has 0 aliphatic carbocycles. The lowest BCUT2D eigenvalue weighted by atomic mass is 10.1. The van der Waals surface area contributed by atoms with Crippen LogP contribution in [0.1, 0.15) is 25.0 Å². The predicted octanol–water partition coefficient (Wildman–Crippen LogP) is 1.86. The molecule has 0 radical (unpaired) electrons. The van der Waals surface area contributed by atoms with E-state index >= 15 is 0 Å². The van der Waals surface area contributed by atoms with E-state index in [0.717, 1.165) is 23.5 Å². The summed E-state index contributed by atoms with van der Waals surface area (Å²) >= 11 is 1.44. The molecule has 6 N–H and O–H groups in total. The van der Waals surface area contributed by atoms with Gasteiger partial charge in [0.1, 0.15) is 18.0 Å². The third-order valence-corrected chi connectivity index (χ3v) is 5.11. The molecule has 1 aliphatic heterocycles. The standard InChI is InChI=1S/C17H24N6OS/c1-11(2)24-8-7-20-9-12-3-5-13(6-4-12)17(19)23-16-14(25-17)15(18)21-10-22-16/h3-6,10-11,20H,7-9,19H2,1-2H3,(H3,18,21,22,23). The highest BCUT2D eigenvalue weighted by molar-refractivity contribution is 8.01. The third-order valence-electron chi connectivity index (χ3n) is 3.84. The lowest BCUT2D eigenvalue weighted by molar-refractivity contribution is 0.0807. The highest BCUT2D eigenvalue weighted by Gasteiger charge is 2.38. The van der Waals surface area contributed by atoms with E-state index in [1.54, 1.807) is 0 Å². The molecule has 2 heterocycles. The minimum atomic E-state index is -0.788. The molecule has 0 amide bonds. The average Bonchev–Trinajstić information content (AvgIpc) is 2.94. The second-order valence-electron chi connectivity index (χ2n) is 6.19. The van der Waals surface area contributed by atoms with E-state index in [-0.39, 0.29) is 6.10 Å². The van der Waals surface area contributed by atoms with E-state index in [4.69, 9.17) is 16.2 Å². The van der Waals surface area contributed by atoms with Crippen LogP contribution in [-0.2, 0) is 16.3 Å². The van der Waals surface area contributed by atoms with Crippen molar-refractivity contribution >= 4 is 23.4 Å². The number of thioether (sulfide) groups is 1. The third kappa shape index (κ3) is 4.21. The van der Waals surface area contributed by atoms with E-state index in [1.165, 1.54) is 23.7 Å². The molecule has 25 heavy (non-hydrogen) atoms. The maximum Gasteiger partial charge on any atom is 0.167 e. The quantitative estimate of drug-likeness (QED) is 0.554. The van der Waals surface area contributed by atoms with Crippen LogP contribution < -0.4 is 22.1 Å². The SMILES string of the molecule is CC(C)OCCNCc1ccc(C2(N)Nc3ncnc(N)c3S2)cc1. The number of ether oxygens (including phenoxy) is 1. The van der Waals surface area contributed by atoms with Gasteiger partial charge in [0.15, 0.2) is 4.99 Å². The molecule has 1 aromatic heterocycles. The first-order chi connectivity index (χ1) is 12.0. The van der Waals surface area contributed by atoms with Crippen molar-refractivity contribution in [2.24, 2.45) is 5.73 Å². The Balaban J connectivity index is 1.59. The van der Waals surface area contributed by atoms with Crippen molar-refractivity contribution in [3.8, 4) is 0 Å². The van der Waals surface area contributed by atoms with Crippen LogP contribution >= 0.6 is 11.8 Å². The lowest BCUT2D eigenvalue weighted by Gasteiger charge is -2.24. The van der Waals surface area contributed by atoms with Crippen molar-refractivity contribution in [3.05, 3.63) is 41.7 Å². The van der Waals surface area contributed by atoms with Gasteiger partial charge in [0.05, 0.1) is 17.6 Å². The molecule has 0 saturated carbocycles. The molecule has 2 aromatic rings. The van der Waals surface area contributed by atoms with Gasteiger partial charge in [-0.2, -0.15) is 0 Å². The number of fused-ring (bicyclic) bond motifs is 1. The first-order valence-corrected chi connectivity index (χ1v) is 9.08. The van der Waals surface area contributed by atoms with Gasteiger partial charge in [-0.1, -0.05) is 36.0 Å². The van der Waals surface area contributed by atoms with Crippen molar-refractivity contribution in [3.63, 3.8) is 0 Å². The highest BCUT2D eigenvalue weighted by atomic mass is 32.2. The molecular formula is C17H24N6OS. The molecule has 0 bridgehead atoms. The minimum absolute atomic E-state index is 0.265. The summed E-state index contributed by atoms with van der Waals surface area (Å²) in [5, 5.41) is 6.60. The number of nitrogen functional groups attached to an aromatic ring is 1. The summed E-state index contributed by atoms with van der Waals surface area (Å²) in [7, 11) is 0. The van der Waals surface area contributed by atoms with Gasteiger partial charge in [-0.25, -0.2) is 9.97 Å². The van der Waals surface area contributed by atoms with Gasteiger partial charge >= 0.3 is 0 Å². The summed E-state index contributed by atoms with van der Waals surface area (Å²) in [6, 6.07) is 8.19. The fraction of sp³-hybridized carbons (Fsp3) is 0.412. The number of nitrogens with one attached hydrogen (secondary N) is 2. The lowest BCUT2D eigenvalue weighted by Crippen LogP contribution is -2.38. The van der Waals surface area contributed by atoms with Crippen LogP contribution in [0.3, 0.4) is 0 Å². The first kappa shape index (κ1) is 17.9. The molecule has 1 atom stereocenters. The molecule has 0 spiro atoms. The normalized spacial score (nSPS) is 19.0. The molecule has 134 valence electrons. The Hall–Kier alpha value is -1.87. The van der Waals surface area contributed by atoms with Crippen molar-refractivity contribution in [2.45, 2.75) is 36.4 Å². The number of hydrogen-bond acceptors (Lipinski definition) is 8. The Bertz CT molecular complexity index is 724. The summed E-state index contributed by atoms with van der Waals surface area (Å²) < 4.78 is 5.51. The maximum absolute atomic E-state index is 6.51. The zero-order valence-corrected chi connectivity index (χ0v) is 15.3. The largest absolute Gasteiger partial charge is 0.383 e. The van der Waals surface area contributed by atoms with Gasteiger partial charge in [-0.15, -0.1) is 0 Å². The molecule has 3 rings (SSSR count). The summed E-state index contributed by atoms with van der Waals surface area (Å²) in [6.07, 6.45) is 1.70. The van der Waals surface area contributed by atoms with Gasteiger partial charge in [0, 0.05) is 18.7 Å². The molecule has 0 saturated heterocycles. The summed E-state index contributed by atoms with van der Waals surface area (Å²) in [6.45, 7) is 6.40. The van der Waals surface area contributed by atoms with Gasteiger partial charge in [0.25, 0.3) is 0 Å². The second kappa shape index (κ2) is 7.57. The van der Waals surface area contributed by atoms with E-state index in [2.05, 4.69) is 32.7 Å². The van der Waals surface area contributed by atoms with Crippen molar-refractivity contribution in [1.82, 2.24) is 15.3 Å². The molecule has 1 aliphatic rings. The van der Waals surface area contributed by atoms with Crippen molar-refractivity contribution < 1.29 is 4.74 Å². The monoisotopic (exact) mass is 360 g/mol. The number of anilines is 2. The molecule has 7 nitrogen and oxygen atoms in total. The van der Waals surface area contributed by atoms with Crippen LogP contribution in [0.15, 0.2) is 35.5 Å². The van der Waals surface area contributed by atoms with E-state index in [9.17, 15) is 0 Å². The molecule has 0 fully saturated rings. The summed E-state index contributed by atoms with van der Waals surface area (Å²) in [5.74, 6) is 1.12. The topological polar surface area (TPSA) is 111 Å². The summed E-state index contributed by atoms with van der Waals surface area (Å²) in [4.78, 5) is 8.22. The zero-order chi connectivity index (χ0) is 17.9. The van der Waals surface area contributed by atoms with Crippen LogP contribution in [0.25, 0.3) is 0 Å². The van der Waals surface area contributed by atoms with E-state index in [0.29, 0.717) is 18.2 Å². The number of nitrogens with two attached hydrogens (primary N) is 2. The Kier molecular flexibility index (Phi) is 5.43. The number of hydrogen-bond donors (Lipinski definition) is 4. The minimum Gasteiger partial charge on any atom is -0.383 e. The van der Waals surface area contributed by atoms with Crippen LogP contribution in [0, 0.1) is 0 Å². The van der Waals surface area contributed by atoms with Crippen LogP contribution in [0.2, 0.25) is 0 Å². The maximum atomic E-state index is 6.51. The van der Waals surface area contributed by atoms with Crippen LogP contribution in [-0.4, -0.2) is 29.2 Å². The van der Waals surface area contributed by atoms with Gasteiger partial charge in [-0.05, 0) is 19.4 Å². The summed E-state index contributed by atoms with van der Waals surface area (Å²) in [5.41, 5.74) is 14.6. The van der Waals surface area contributed by atoms with Crippen LogP contribution in [0.4, 0.5) is 11.6 Å². The Morgan fingerprint density at radius 2 is 2.04 bits per heavy atom. The van der Waals surface area contributed by atoms with Gasteiger partial charge in [0.2, 0.25) is 0 Å². The number of rotatable bonds is 7. The Labute approximate surface area is 151 Å². The molecule has 8 heteroatoms. The number of benzene rings is 1. The Morgan fingerprint density at radius 3 is 2.72 bits per heavy atom. The number of nitrogens with zero attached hydrogens (tertiary/aromatic N) is 2. The van der Waals surface area contributed by atoms with Gasteiger partial charge in [-0.3, -0.25) is 5.73 Å². The first-order valence-electron chi connectivity index (χ1n) is 8.26. The average molecular weight is 360 g/mol. The predicted molar refractivity (Wildman–Crippen MR) is 101 cm³/mol.